The summed E-state index contributed by atoms with van der Waals surface area (Å²) in [7, 11) is 0. The number of nitrogens with zero attached hydrogens (tertiary/aromatic N) is 3. The Morgan fingerprint density at radius 2 is 2.04 bits per heavy atom. The van der Waals surface area contributed by atoms with Crippen molar-refractivity contribution in [3.8, 4) is 0 Å². The number of halogens is 2. The number of benzene rings is 1. The fourth-order valence-corrected chi connectivity index (χ4v) is 4.55. The molecule has 1 saturated heterocycles. The van der Waals surface area contributed by atoms with Crippen molar-refractivity contribution in [3.63, 3.8) is 0 Å². The lowest BCUT2D eigenvalue weighted by Crippen LogP contribution is -2.56. The van der Waals surface area contributed by atoms with Gasteiger partial charge >= 0.3 is 0 Å². The van der Waals surface area contributed by atoms with Gasteiger partial charge < -0.3 is 10.2 Å². The third kappa shape index (κ3) is 2.94. The van der Waals surface area contributed by atoms with Crippen molar-refractivity contribution in [2.45, 2.75) is 31.3 Å². The maximum absolute atomic E-state index is 13.5. The maximum Gasteiger partial charge on any atom is 0.250 e. The first-order valence-corrected chi connectivity index (χ1v) is 9.33. The molecule has 0 bridgehead atoms. The molecule has 1 N–H and O–H groups in total. The molecule has 132 valence electrons. The van der Waals surface area contributed by atoms with E-state index in [4.69, 9.17) is 23.2 Å². The van der Waals surface area contributed by atoms with Gasteiger partial charge in [0.25, 0.3) is 5.91 Å². The molecule has 0 atom stereocenters. The van der Waals surface area contributed by atoms with Gasteiger partial charge in [0.05, 0.1) is 0 Å². The van der Waals surface area contributed by atoms with Gasteiger partial charge in [-0.15, -0.1) is 0 Å². The smallest absolute Gasteiger partial charge is 0.250 e. The fraction of sp³-hybridized carbons (Fsp3) is 0.444. The van der Waals surface area contributed by atoms with Crippen LogP contribution in [0.1, 0.15) is 24.0 Å². The van der Waals surface area contributed by atoms with E-state index in [9.17, 15) is 4.79 Å². The number of piperidine rings is 1. The van der Waals surface area contributed by atoms with Crippen LogP contribution < -0.4 is 5.32 Å². The second-order valence-corrected chi connectivity index (χ2v) is 7.58. The van der Waals surface area contributed by atoms with Crippen molar-refractivity contribution in [2.24, 2.45) is 0 Å². The number of aromatic nitrogens is 2. The summed E-state index contributed by atoms with van der Waals surface area (Å²) in [5.41, 5.74) is 1.54. The Hall–Kier alpha value is -1.56. The van der Waals surface area contributed by atoms with Gasteiger partial charge in [0.15, 0.2) is 0 Å². The van der Waals surface area contributed by atoms with Gasteiger partial charge in [0, 0.05) is 35.5 Å². The third-order valence-electron chi connectivity index (χ3n) is 5.31. The number of carbonyl (C=O) groups excluding carboxylic acids is 1. The highest BCUT2D eigenvalue weighted by Crippen LogP contribution is 2.34. The minimum Gasteiger partial charge on any atom is -0.336 e. The minimum absolute atomic E-state index is 0.134. The third-order valence-corrected chi connectivity index (χ3v) is 5.87. The van der Waals surface area contributed by atoms with Gasteiger partial charge in [-0.1, -0.05) is 23.2 Å². The van der Waals surface area contributed by atoms with E-state index in [1.807, 2.05) is 27.9 Å². The number of hydrogen-bond acceptors (Lipinski definition) is 3. The molecule has 2 aliphatic heterocycles. The SMILES string of the molecule is O=C(N1CCc2cc(Cl)cc(Cl)c2C1)C1(n2cccn2)CCNCC1. The summed E-state index contributed by atoms with van der Waals surface area (Å²) in [6, 6.07) is 5.59. The molecule has 2 aliphatic rings. The van der Waals surface area contributed by atoms with Gasteiger partial charge in [-0.05, 0) is 61.7 Å². The monoisotopic (exact) mass is 378 g/mol. The number of nitrogens with one attached hydrogen (secondary N) is 1. The van der Waals surface area contributed by atoms with Crippen LogP contribution in [0.4, 0.5) is 0 Å². The Morgan fingerprint density at radius 1 is 1.24 bits per heavy atom. The molecule has 0 unspecified atom stereocenters. The second kappa shape index (κ2) is 6.63. The van der Waals surface area contributed by atoms with Crippen LogP contribution in [0.25, 0.3) is 0 Å². The number of fused-ring (bicyclic) bond motifs is 1. The highest BCUT2D eigenvalue weighted by molar-refractivity contribution is 6.35. The van der Waals surface area contributed by atoms with E-state index >= 15 is 0 Å². The van der Waals surface area contributed by atoms with Crippen LogP contribution >= 0.6 is 23.2 Å². The van der Waals surface area contributed by atoms with E-state index in [-0.39, 0.29) is 5.91 Å². The summed E-state index contributed by atoms with van der Waals surface area (Å²) in [6.07, 6.45) is 5.89. The lowest BCUT2D eigenvalue weighted by Gasteiger charge is -2.41. The molecule has 0 aliphatic carbocycles. The molecule has 1 aromatic carbocycles. The highest BCUT2D eigenvalue weighted by Gasteiger charge is 2.45. The van der Waals surface area contributed by atoms with Crippen LogP contribution in [0.5, 0.6) is 0 Å². The van der Waals surface area contributed by atoms with Gasteiger partial charge in [0.1, 0.15) is 5.54 Å². The Balaban J connectivity index is 1.66. The van der Waals surface area contributed by atoms with Crippen LogP contribution in [0.2, 0.25) is 10.0 Å². The topological polar surface area (TPSA) is 50.2 Å². The number of rotatable bonds is 2. The fourth-order valence-electron chi connectivity index (χ4n) is 3.95. The van der Waals surface area contributed by atoms with E-state index in [2.05, 4.69) is 10.4 Å². The molecule has 5 nitrogen and oxygen atoms in total. The standard InChI is InChI=1S/C18H20Cl2N4O/c19-14-10-13-2-9-23(12-15(13)16(20)11-14)17(25)18(3-6-21-7-4-18)24-8-1-5-22-24/h1,5,8,10-11,21H,2-4,6-7,9,12H2. The van der Waals surface area contributed by atoms with Crippen molar-refractivity contribution in [1.29, 1.82) is 0 Å². The summed E-state index contributed by atoms with van der Waals surface area (Å²) >= 11 is 12.5. The van der Waals surface area contributed by atoms with Crippen LogP contribution in [-0.2, 0) is 23.3 Å². The normalized spacial score (nSPS) is 19.5. The first-order valence-electron chi connectivity index (χ1n) is 8.57. The summed E-state index contributed by atoms with van der Waals surface area (Å²) in [4.78, 5) is 15.5. The predicted molar refractivity (Wildman–Crippen MR) is 97.9 cm³/mol. The van der Waals surface area contributed by atoms with E-state index in [1.54, 1.807) is 12.3 Å². The van der Waals surface area contributed by atoms with E-state index in [0.717, 1.165) is 43.5 Å². The Morgan fingerprint density at radius 3 is 2.76 bits per heavy atom. The Labute approximate surface area is 156 Å². The molecule has 25 heavy (non-hydrogen) atoms. The lowest BCUT2D eigenvalue weighted by atomic mass is 9.85. The van der Waals surface area contributed by atoms with Crippen molar-refractivity contribution < 1.29 is 4.79 Å². The zero-order valence-electron chi connectivity index (χ0n) is 13.8. The zero-order chi connectivity index (χ0) is 17.4. The van der Waals surface area contributed by atoms with Gasteiger partial charge in [-0.3, -0.25) is 9.48 Å². The van der Waals surface area contributed by atoms with Crippen LogP contribution in [0, 0.1) is 0 Å². The molecule has 3 heterocycles. The van der Waals surface area contributed by atoms with E-state index in [1.165, 1.54) is 0 Å². The first-order chi connectivity index (χ1) is 12.1. The lowest BCUT2D eigenvalue weighted by molar-refractivity contribution is -0.144. The molecule has 1 aromatic heterocycles. The second-order valence-electron chi connectivity index (χ2n) is 6.73. The minimum atomic E-state index is -0.606. The number of carbonyl (C=O) groups is 1. The molecular formula is C18H20Cl2N4O. The Kier molecular flexibility index (Phi) is 4.48. The van der Waals surface area contributed by atoms with Crippen LogP contribution in [0.15, 0.2) is 30.6 Å². The summed E-state index contributed by atoms with van der Waals surface area (Å²) in [6.45, 7) is 2.83. The van der Waals surface area contributed by atoms with Gasteiger partial charge in [0.2, 0.25) is 0 Å². The summed E-state index contributed by atoms with van der Waals surface area (Å²) < 4.78 is 1.84. The molecule has 0 spiro atoms. The number of amides is 1. The van der Waals surface area contributed by atoms with Crippen molar-refractivity contribution in [1.82, 2.24) is 20.0 Å². The van der Waals surface area contributed by atoms with Crippen LogP contribution in [-0.4, -0.2) is 40.2 Å². The number of hydrogen-bond donors (Lipinski definition) is 1. The maximum atomic E-state index is 13.5. The summed E-state index contributed by atoms with van der Waals surface area (Å²) in [5, 5.41) is 9.03. The largest absolute Gasteiger partial charge is 0.336 e. The van der Waals surface area contributed by atoms with E-state index < -0.39 is 5.54 Å². The molecule has 2 aromatic rings. The van der Waals surface area contributed by atoms with Crippen LogP contribution in [0.3, 0.4) is 0 Å². The highest BCUT2D eigenvalue weighted by atomic mass is 35.5. The quantitative estimate of drug-likeness (QED) is 0.873. The average molecular weight is 379 g/mol. The van der Waals surface area contributed by atoms with Crippen molar-refractivity contribution in [3.05, 3.63) is 51.8 Å². The molecule has 7 heteroatoms. The average Bonchev–Trinajstić information content (AvgIpc) is 3.16. The molecule has 4 rings (SSSR count). The molecule has 1 amide bonds. The summed E-state index contributed by atoms with van der Waals surface area (Å²) in [5.74, 6) is 0.134. The molecule has 0 radical (unpaired) electrons. The van der Waals surface area contributed by atoms with Gasteiger partial charge in [-0.25, -0.2) is 0 Å². The Bertz CT molecular complexity index is 785. The van der Waals surface area contributed by atoms with Crippen molar-refractivity contribution in [2.75, 3.05) is 19.6 Å². The van der Waals surface area contributed by atoms with E-state index in [0.29, 0.717) is 23.1 Å². The van der Waals surface area contributed by atoms with Gasteiger partial charge in [-0.2, -0.15) is 5.10 Å². The van der Waals surface area contributed by atoms with Crippen molar-refractivity contribution >= 4 is 29.1 Å². The first kappa shape index (κ1) is 16.9. The molecule has 1 fully saturated rings. The molecular weight excluding hydrogens is 359 g/mol. The zero-order valence-corrected chi connectivity index (χ0v) is 15.4. The predicted octanol–water partition coefficient (Wildman–Crippen LogP) is 2.85. The molecule has 0 saturated carbocycles.